The highest BCUT2D eigenvalue weighted by Gasteiger charge is 2.03. The summed E-state index contributed by atoms with van der Waals surface area (Å²) in [5, 5.41) is 0. The third kappa shape index (κ3) is 4.26. The van der Waals surface area contributed by atoms with E-state index in [-0.39, 0.29) is 0 Å². The minimum Gasteiger partial charge on any atom is -0.374 e. The zero-order chi connectivity index (χ0) is 12.6. The Bertz CT molecular complexity index is 291. The molecule has 1 aromatic rings. The maximum absolute atomic E-state index is 2.34. The summed E-state index contributed by atoms with van der Waals surface area (Å²) in [5.41, 5.74) is 4.18. The quantitative estimate of drug-likeness (QED) is 0.727. The van der Waals surface area contributed by atoms with E-state index in [1.807, 2.05) is 13.8 Å². The summed E-state index contributed by atoms with van der Waals surface area (Å²) >= 11 is 0. The second-order valence-corrected chi connectivity index (χ2v) is 3.90. The highest BCUT2D eigenvalue weighted by molar-refractivity contribution is 5.54. The lowest BCUT2D eigenvalue weighted by Crippen LogP contribution is -2.18. The van der Waals surface area contributed by atoms with E-state index in [1.54, 1.807) is 0 Å². The SMILES string of the molecule is CC.CCCN(C)c1cc(CC)ccc1C. The smallest absolute Gasteiger partial charge is 0.0396 e. The van der Waals surface area contributed by atoms with E-state index in [2.05, 4.69) is 50.9 Å². The first kappa shape index (κ1) is 15.0. The Hall–Kier alpha value is -0.980. The molecule has 0 aliphatic heterocycles. The maximum atomic E-state index is 2.34. The van der Waals surface area contributed by atoms with Crippen LogP contribution in [-0.4, -0.2) is 13.6 Å². The van der Waals surface area contributed by atoms with Gasteiger partial charge < -0.3 is 4.90 Å². The molecule has 0 aliphatic carbocycles. The highest BCUT2D eigenvalue weighted by Crippen LogP contribution is 2.20. The third-order valence-electron chi connectivity index (χ3n) is 2.65. The van der Waals surface area contributed by atoms with Gasteiger partial charge >= 0.3 is 0 Å². The average Bonchev–Trinajstić information content (AvgIpc) is 2.32. The Morgan fingerprint density at radius 3 is 2.25 bits per heavy atom. The van der Waals surface area contributed by atoms with Crippen molar-refractivity contribution in [3.05, 3.63) is 29.3 Å². The molecule has 0 aliphatic rings. The molecule has 0 atom stereocenters. The molecule has 0 amide bonds. The van der Waals surface area contributed by atoms with Crippen molar-refractivity contribution in [2.24, 2.45) is 0 Å². The summed E-state index contributed by atoms with van der Waals surface area (Å²) in [4.78, 5) is 2.34. The fourth-order valence-electron chi connectivity index (χ4n) is 1.74. The maximum Gasteiger partial charge on any atom is 0.0396 e. The van der Waals surface area contributed by atoms with Crippen molar-refractivity contribution in [1.82, 2.24) is 0 Å². The van der Waals surface area contributed by atoms with Gasteiger partial charge in [-0.15, -0.1) is 0 Å². The Morgan fingerprint density at radius 1 is 1.12 bits per heavy atom. The first-order valence-electron chi connectivity index (χ1n) is 6.49. The number of nitrogens with zero attached hydrogens (tertiary/aromatic N) is 1. The number of anilines is 1. The monoisotopic (exact) mass is 221 g/mol. The molecule has 0 heterocycles. The molecule has 1 aromatic carbocycles. The molecule has 0 unspecified atom stereocenters. The number of rotatable bonds is 4. The van der Waals surface area contributed by atoms with Crippen LogP contribution in [0, 0.1) is 6.92 Å². The molecule has 0 aromatic heterocycles. The second-order valence-electron chi connectivity index (χ2n) is 3.90. The Balaban J connectivity index is 0.00000106. The van der Waals surface area contributed by atoms with Crippen LogP contribution in [0.1, 0.15) is 45.2 Å². The third-order valence-corrected chi connectivity index (χ3v) is 2.65. The number of hydrogen-bond acceptors (Lipinski definition) is 1. The molecule has 92 valence electrons. The molecular formula is C15H27N. The van der Waals surface area contributed by atoms with Gasteiger partial charge in [-0.25, -0.2) is 0 Å². The summed E-state index contributed by atoms with van der Waals surface area (Å²) in [6.07, 6.45) is 2.32. The van der Waals surface area contributed by atoms with Gasteiger partial charge in [0.1, 0.15) is 0 Å². The van der Waals surface area contributed by atoms with Crippen LogP contribution in [0.25, 0.3) is 0 Å². The summed E-state index contributed by atoms with van der Waals surface area (Å²) in [5.74, 6) is 0. The van der Waals surface area contributed by atoms with Crippen LogP contribution in [0.4, 0.5) is 5.69 Å². The van der Waals surface area contributed by atoms with Crippen molar-refractivity contribution < 1.29 is 0 Å². The normalized spacial score (nSPS) is 9.38. The van der Waals surface area contributed by atoms with E-state index < -0.39 is 0 Å². The number of aryl methyl sites for hydroxylation is 2. The van der Waals surface area contributed by atoms with Gasteiger partial charge in [-0.3, -0.25) is 0 Å². The highest BCUT2D eigenvalue weighted by atomic mass is 15.1. The lowest BCUT2D eigenvalue weighted by atomic mass is 10.1. The van der Waals surface area contributed by atoms with Crippen LogP contribution in [0.2, 0.25) is 0 Å². The molecule has 0 spiro atoms. The van der Waals surface area contributed by atoms with E-state index in [1.165, 1.54) is 23.2 Å². The number of benzene rings is 1. The van der Waals surface area contributed by atoms with Crippen molar-refractivity contribution in [1.29, 1.82) is 0 Å². The van der Waals surface area contributed by atoms with Crippen molar-refractivity contribution >= 4 is 5.69 Å². The Labute approximate surface area is 101 Å². The fraction of sp³-hybridized carbons (Fsp3) is 0.600. The first-order chi connectivity index (χ1) is 7.69. The largest absolute Gasteiger partial charge is 0.374 e. The van der Waals surface area contributed by atoms with E-state index in [4.69, 9.17) is 0 Å². The summed E-state index contributed by atoms with van der Waals surface area (Å²) < 4.78 is 0. The molecular weight excluding hydrogens is 194 g/mol. The van der Waals surface area contributed by atoms with Gasteiger partial charge in [-0.1, -0.05) is 39.8 Å². The molecule has 0 saturated carbocycles. The molecule has 0 saturated heterocycles. The van der Waals surface area contributed by atoms with Gasteiger partial charge in [0.05, 0.1) is 0 Å². The molecule has 0 radical (unpaired) electrons. The molecule has 0 bridgehead atoms. The second kappa shape index (κ2) is 8.20. The zero-order valence-electron chi connectivity index (χ0n) is 11.8. The van der Waals surface area contributed by atoms with Crippen molar-refractivity contribution in [3.8, 4) is 0 Å². The van der Waals surface area contributed by atoms with Gasteiger partial charge in [-0.2, -0.15) is 0 Å². The first-order valence-corrected chi connectivity index (χ1v) is 6.49. The van der Waals surface area contributed by atoms with Crippen molar-refractivity contribution in [2.45, 2.75) is 47.5 Å². The predicted octanol–water partition coefficient (Wildman–Crippen LogP) is 4.43. The summed E-state index contributed by atoms with van der Waals surface area (Å²) in [7, 11) is 2.17. The average molecular weight is 221 g/mol. The van der Waals surface area contributed by atoms with Gasteiger partial charge in [0.2, 0.25) is 0 Å². The van der Waals surface area contributed by atoms with Crippen LogP contribution < -0.4 is 4.90 Å². The minimum atomic E-state index is 1.12. The van der Waals surface area contributed by atoms with Crippen molar-refractivity contribution in [3.63, 3.8) is 0 Å². The van der Waals surface area contributed by atoms with E-state index >= 15 is 0 Å². The number of hydrogen-bond donors (Lipinski definition) is 0. The Kier molecular flexibility index (Phi) is 7.70. The summed E-state index contributed by atoms with van der Waals surface area (Å²) in [6.45, 7) is 11.7. The van der Waals surface area contributed by atoms with E-state index in [0.29, 0.717) is 0 Å². The molecule has 1 nitrogen and oxygen atoms in total. The lowest BCUT2D eigenvalue weighted by molar-refractivity contribution is 0.848. The van der Waals surface area contributed by atoms with E-state index in [0.717, 1.165) is 13.0 Å². The minimum absolute atomic E-state index is 1.12. The van der Waals surface area contributed by atoms with Crippen LogP contribution in [-0.2, 0) is 6.42 Å². The topological polar surface area (TPSA) is 3.24 Å². The fourth-order valence-corrected chi connectivity index (χ4v) is 1.74. The zero-order valence-corrected chi connectivity index (χ0v) is 11.8. The molecule has 0 N–H and O–H groups in total. The molecule has 16 heavy (non-hydrogen) atoms. The summed E-state index contributed by atoms with van der Waals surface area (Å²) in [6, 6.07) is 6.75. The molecule has 1 rings (SSSR count). The van der Waals surface area contributed by atoms with Gasteiger partial charge in [0, 0.05) is 19.3 Å². The van der Waals surface area contributed by atoms with Gasteiger partial charge in [-0.05, 0) is 37.0 Å². The molecule has 1 heteroatoms. The van der Waals surface area contributed by atoms with Crippen molar-refractivity contribution in [2.75, 3.05) is 18.5 Å². The lowest BCUT2D eigenvalue weighted by Gasteiger charge is -2.21. The van der Waals surface area contributed by atoms with Crippen LogP contribution >= 0.6 is 0 Å². The Morgan fingerprint density at radius 2 is 1.75 bits per heavy atom. The van der Waals surface area contributed by atoms with Crippen LogP contribution in [0.3, 0.4) is 0 Å². The van der Waals surface area contributed by atoms with Gasteiger partial charge in [0.25, 0.3) is 0 Å². The van der Waals surface area contributed by atoms with E-state index in [9.17, 15) is 0 Å². The van der Waals surface area contributed by atoms with Gasteiger partial charge in [0.15, 0.2) is 0 Å². The standard InChI is InChI=1S/C13H21N.C2H6/c1-5-9-14(4)13-10-12(6-2)8-7-11(13)3;1-2/h7-8,10H,5-6,9H2,1-4H3;1-2H3. The van der Waals surface area contributed by atoms with Crippen LogP contribution in [0.15, 0.2) is 18.2 Å². The predicted molar refractivity (Wildman–Crippen MR) is 75.5 cm³/mol. The molecule has 0 fully saturated rings. The van der Waals surface area contributed by atoms with Crippen LogP contribution in [0.5, 0.6) is 0 Å².